The van der Waals surface area contributed by atoms with Gasteiger partial charge in [0.25, 0.3) is 0 Å². The van der Waals surface area contributed by atoms with E-state index in [4.69, 9.17) is 5.11 Å². The van der Waals surface area contributed by atoms with Gasteiger partial charge in [0.2, 0.25) is 5.91 Å². The fraction of sp³-hybridized carbons (Fsp3) is 0.500. The van der Waals surface area contributed by atoms with Crippen LogP contribution in [0.15, 0.2) is 18.2 Å². The van der Waals surface area contributed by atoms with Crippen LogP contribution < -0.4 is 0 Å². The number of fused-ring (bicyclic) bond motifs is 1. The summed E-state index contributed by atoms with van der Waals surface area (Å²) in [6.07, 6.45) is 1.40. The van der Waals surface area contributed by atoms with Gasteiger partial charge in [-0.1, -0.05) is 6.07 Å². The molecule has 1 unspecified atom stereocenters. The van der Waals surface area contributed by atoms with E-state index in [0.717, 1.165) is 11.1 Å². The second kappa shape index (κ2) is 5.35. The van der Waals surface area contributed by atoms with Crippen LogP contribution in [0.25, 0.3) is 0 Å². The number of carboxylic acids is 1. The Morgan fingerprint density at radius 3 is 2.59 bits per heavy atom. The third-order valence-corrected chi connectivity index (χ3v) is 4.78. The number of carbonyl (C=O) groups excluding carboxylic acids is 1. The molecule has 1 aromatic rings. The first-order valence-electron chi connectivity index (χ1n) is 7.43. The van der Waals surface area contributed by atoms with Crippen LogP contribution in [-0.4, -0.2) is 45.7 Å². The number of aliphatic hydroxyl groups is 1. The standard InChI is InChI=1S/C16H18FNO4/c17-11-2-4-12-10(9-11)1-3-13(12)14(19)18-7-5-16(22,6-8-18)15(20)21/h2,4,9,13,22H,1,3,5-8H2,(H,20,21). The van der Waals surface area contributed by atoms with Crippen molar-refractivity contribution in [3.8, 4) is 0 Å². The van der Waals surface area contributed by atoms with Gasteiger partial charge in [0.15, 0.2) is 5.60 Å². The average molecular weight is 307 g/mol. The van der Waals surface area contributed by atoms with Crippen LogP contribution >= 0.6 is 0 Å². The number of carboxylic acid groups (broad SMARTS) is 1. The highest BCUT2D eigenvalue weighted by Crippen LogP contribution is 2.36. The van der Waals surface area contributed by atoms with Crippen molar-refractivity contribution in [2.45, 2.75) is 37.2 Å². The first-order chi connectivity index (χ1) is 10.4. The second-order valence-corrected chi connectivity index (χ2v) is 6.10. The Hall–Kier alpha value is -1.95. The van der Waals surface area contributed by atoms with Crippen LogP contribution in [0.3, 0.4) is 0 Å². The number of likely N-dealkylation sites (tertiary alicyclic amines) is 1. The summed E-state index contributed by atoms with van der Waals surface area (Å²) >= 11 is 0. The number of nitrogens with zero attached hydrogens (tertiary/aromatic N) is 1. The minimum atomic E-state index is -1.73. The lowest BCUT2D eigenvalue weighted by Crippen LogP contribution is -2.51. The van der Waals surface area contributed by atoms with Gasteiger partial charge in [0.1, 0.15) is 5.82 Å². The fourth-order valence-electron chi connectivity index (χ4n) is 3.37. The number of aliphatic carboxylic acids is 1. The molecule has 22 heavy (non-hydrogen) atoms. The summed E-state index contributed by atoms with van der Waals surface area (Å²) < 4.78 is 13.2. The van der Waals surface area contributed by atoms with Crippen molar-refractivity contribution >= 4 is 11.9 Å². The number of rotatable bonds is 2. The Labute approximate surface area is 127 Å². The molecule has 0 spiro atoms. The number of amides is 1. The first kappa shape index (κ1) is 15.0. The highest BCUT2D eigenvalue weighted by atomic mass is 19.1. The van der Waals surface area contributed by atoms with Gasteiger partial charge in [-0.2, -0.15) is 0 Å². The molecule has 1 saturated heterocycles. The third kappa shape index (κ3) is 2.47. The summed E-state index contributed by atoms with van der Waals surface area (Å²) in [6.45, 7) is 0.462. The summed E-state index contributed by atoms with van der Waals surface area (Å²) in [7, 11) is 0. The lowest BCUT2D eigenvalue weighted by Gasteiger charge is -2.36. The van der Waals surface area contributed by atoms with Gasteiger partial charge >= 0.3 is 5.97 Å². The van der Waals surface area contributed by atoms with Gasteiger partial charge in [0, 0.05) is 25.9 Å². The van der Waals surface area contributed by atoms with Crippen LogP contribution in [0.1, 0.15) is 36.3 Å². The van der Waals surface area contributed by atoms with E-state index in [0.29, 0.717) is 12.8 Å². The molecule has 1 heterocycles. The highest BCUT2D eigenvalue weighted by Gasteiger charge is 2.42. The number of hydrogen-bond acceptors (Lipinski definition) is 3. The molecule has 1 aliphatic heterocycles. The molecule has 0 saturated carbocycles. The van der Waals surface area contributed by atoms with Crippen molar-refractivity contribution in [1.82, 2.24) is 4.90 Å². The number of hydrogen-bond donors (Lipinski definition) is 2. The average Bonchev–Trinajstić information content (AvgIpc) is 2.90. The summed E-state index contributed by atoms with van der Waals surface area (Å²) in [6, 6.07) is 4.50. The zero-order chi connectivity index (χ0) is 15.9. The summed E-state index contributed by atoms with van der Waals surface area (Å²) in [5.74, 6) is -1.87. The first-order valence-corrected chi connectivity index (χ1v) is 7.43. The van der Waals surface area contributed by atoms with Gasteiger partial charge in [0.05, 0.1) is 5.92 Å². The molecule has 1 amide bonds. The molecule has 0 aromatic heterocycles. The van der Waals surface area contributed by atoms with Crippen LogP contribution in [0.5, 0.6) is 0 Å². The summed E-state index contributed by atoms with van der Waals surface area (Å²) in [5.41, 5.74) is 0.0101. The summed E-state index contributed by atoms with van der Waals surface area (Å²) in [5, 5.41) is 18.9. The number of aryl methyl sites for hydroxylation is 1. The lowest BCUT2D eigenvalue weighted by molar-refractivity contribution is -0.165. The number of piperidine rings is 1. The number of carbonyl (C=O) groups is 2. The van der Waals surface area contributed by atoms with E-state index in [-0.39, 0.29) is 43.6 Å². The van der Waals surface area contributed by atoms with E-state index in [1.165, 1.54) is 12.1 Å². The maximum Gasteiger partial charge on any atom is 0.335 e. The SMILES string of the molecule is O=C(C1CCc2cc(F)ccc21)N1CCC(O)(C(=O)O)CC1. The van der Waals surface area contributed by atoms with Crippen molar-refractivity contribution in [3.05, 3.63) is 35.1 Å². The van der Waals surface area contributed by atoms with E-state index >= 15 is 0 Å². The van der Waals surface area contributed by atoms with Crippen LogP contribution in [0.4, 0.5) is 4.39 Å². The lowest BCUT2D eigenvalue weighted by atomic mass is 9.90. The zero-order valence-corrected chi connectivity index (χ0v) is 12.1. The molecule has 1 aliphatic carbocycles. The van der Waals surface area contributed by atoms with Crippen LogP contribution in [-0.2, 0) is 16.0 Å². The van der Waals surface area contributed by atoms with Gasteiger partial charge in [-0.3, -0.25) is 4.79 Å². The Bertz CT molecular complexity index is 623. The predicted molar refractivity (Wildman–Crippen MR) is 75.9 cm³/mol. The van der Waals surface area contributed by atoms with Gasteiger partial charge in [-0.25, -0.2) is 9.18 Å². The molecule has 5 nitrogen and oxygen atoms in total. The van der Waals surface area contributed by atoms with Crippen molar-refractivity contribution in [2.75, 3.05) is 13.1 Å². The maximum absolute atomic E-state index is 13.2. The smallest absolute Gasteiger partial charge is 0.335 e. The van der Waals surface area contributed by atoms with Gasteiger partial charge in [-0.05, 0) is 36.1 Å². The number of halogens is 1. The third-order valence-electron chi connectivity index (χ3n) is 4.78. The largest absolute Gasteiger partial charge is 0.479 e. The maximum atomic E-state index is 13.2. The Morgan fingerprint density at radius 1 is 1.27 bits per heavy atom. The molecule has 118 valence electrons. The quantitative estimate of drug-likeness (QED) is 0.863. The Kier molecular flexibility index (Phi) is 3.64. The minimum Gasteiger partial charge on any atom is -0.479 e. The fourth-order valence-corrected chi connectivity index (χ4v) is 3.37. The van der Waals surface area contributed by atoms with Crippen LogP contribution in [0.2, 0.25) is 0 Å². The number of benzene rings is 1. The molecule has 2 N–H and O–H groups in total. The van der Waals surface area contributed by atoms with E-state index in [9.17, 15) is 19.1 Å². The second-order valence-electron chi connectivity index (χ2n) is 6.10. The summed E-state index contributed by atoms with van der Waals surface area (Å²) in [4.78, 5) is 25.3. The molecule has 1 fully saturated rings. The molecular formula is C16H18FNO4. The molecule has 0 radical (unpaired) electrons. The predicted octanol–water partition coefficient (Wildman–Crippen LogP) is 1.29. The van der Waals surface area contributed by atoms with Crippen molar-refractivity contribution in [2.24, 2.45) is 0 Å². The van der Waals surface area contributed by atoms with E-state index in [1.807, 2.05) is 0 Å². The Morgan fingerprint density at radius 2 is 1.95 bits per heavy atom. The molecule has 6 heteroatoms. The molecule has 1 atom stereocenters. The van der Waals surface area contributed by atoms with E-state index in [2.05, 4.69) is 0 Å². The van der Waals surface area contributed by atoms with Gasteiger partial charge in [-0.15, -0.1) is 0 Å². The van der Waals surface area contributed by atoms with Crippen molar-refractivity contribution < 1.29 is 24.2 Å². The molecular weight excluding hydrogens is 289 g/mol. The minimum absolute atomic E-state index is 0.0388. The monoisotopic (exact) mass is 307 g/mol. The molecule has 0 bridgehead atoms. The zero-order valence-electron chi connectivity index (χ0n) is 12.1. The van der Waals surface area contributed by atoms with Crippen molar-refractivity contribution in [3.63, 3.8) is 0 Å². The van der Waals surface area contributed by atoms with Gasteiger partial charge < -0.3 is 15.1 Å². The molecule has 3 rings (SSSR count). The van der Waals surface area contributed by atoms with Crippen molar-refractivity contribution in [1.29, 1.82) is 0 Å². The van der Waals surface area contributed by atoms with E-state index in [1.54, 1.807) is 11.0 Å². The molecule has 2 aliphatic rings. The topological polar surface area (TPSA) is 77.8 Å². The van der Waals surface area contributed by atoms with E-state index < -0.39 is 11.6 Å². The highest BCUT2D eigenvalue weighted by molar-refractivity contribution is 5.85. The normalized spacial score (nSPS) is 23.2. The molecule has 1 aromatic carbocycles. The Balaban J connectivity index is 1.71. The van der Waals surface area contributed by atoms with Crippen LogP contribution in [0, 0.1) is 5.82 Å².